The minimum atomic E-state index is 0.750. The van der Waals surface area contributed by atoms with Crippen molar-refractivity contribution in [2.75, 3.05) is 19.8 Å². The van der Waals surface area contributed by atoms with Crippen LogP contribution in [0.5, 0.6) is 0 Å². The zero-order valence-electron chi connectivity index (χ0n) is 12.9. The average molecular weight is 304 g/mol. The van der Waals surface area contributed by atoms with Crippen LogP contribution in [-0.4, -0.2) is 24.7 Å². The zero-order chi connectivity index (χ0) is 14.9. The van der Waals surface area contributed by atoms with Crippen LogP contribution in [0.3, 0.4) is 0 Å². The summed E-state index contributed by atoms with van der Waals surface area (Å²) in [6.07, 6.45) is 2.04. The fraction of sp³-hybridized carbons (Fsp3) is 0.471. The molecular formula is C17H24N2OS. The van der Waals surface area contributed by atoms with E-state index >= 15 is 0 Å². The van der Waals surface area contributed by atoms with E-state index in [-0.39, 0.29) is 0 Å². The molecule has 0 aliphatic rings. The highest BCUT2D eigenvalue weighted by atomic mass is 32.1. The van der Waals surface area contributed by atoms with Gasteiger partial charge in [-0.05, 0) is 25.5 Å². The Hall–Kier alpha value is -1.23. The molecule has 0 saturated carbocycles. The molecule has 114 valence electrons. The van der Waals surface area contributed by atoms with E-state index in [2.05, 4.69) is 42.6 Å². The summed E-state index contributed by atoms with van der Waals surface area (Å²) in [7, 11) is 0. The summed E-state index contributed by atoms with van der Waals surface area (Å²) in [5, 5.41) is 4.62. The van der Waals surface area contributed by atoms with Crippen LogP contribution in [0.2, 0.25) is 0 Å². The highest BCUT2D eigenvalue weighted by molar-refractivity contribution is 7.15. The van der Waals surface area contributed by atoms with Crippen molar-refractivity contribution in [1.82, 2.24) is 10.3 Å². The quantitative estimate of drug-likeness (QED) is 0.714. The van der Waals surface area contributed by atoms with Gasteiger partial charge in [-0.2, -0.15) is 0 Å². The Kier molecular flexibility index (Phi) is 6.86. The molecule has 3 nitrogen and oxygen atoms in total. The monoisotopic (exact) mass is 304 g/mol. The minimum absolute atomic E-state index is 0.750. The van der Waals surface area contributed by atoms with E-state index in [0.29, 0.717) is 0 Å². The minimum Gasteiger partial charge on any atom is -0.381 e. The average Bonchev–Trinajstić information content (AvgIpc) is 2.92. The van der Waals surface area contributed by atoms with Crippen molar-refractivity contribution in [3.8, 4) is 10.4 Å². The van der Waals surface area contributed by atoms with Gasteiger partial charge in [0, 0.05) is 19.6 Å². The molecule has 0 atom stereocenters. The number of nitrogens with zero attached hydrogens (tertiary/aromatic N) is 1. The second kappa shape index (κ2) is 8.93. The van der Waals surface area contributed by atoms with E-state index < -0.39 is 0 Å². The smallest absolute Gasteiger partial charge is 0.0958 e. The lowest BCUT2D eigenvalue weighted by atomic mass is 10.1. The maximum absolute atomic E-state index is 5.44. The van der Waals surface area contributed by atoms with Gasteiger partial charge >= 0.3 is 0 Å². The summed E-state index contributed by atoms with van der Waals surface area (Å²) in [5.41, 5.74) is 2.41. The molecular weight excluding hydrogens is 280 g/mol. The number of aromatic nitrogens is 1. The van der Waals surface area contributed by atoms with Crippen molar-refractivity contribution in [2.24, 2.45) is 0 Å². The summed E-state index contributed by atoms with van der Waals surface area (Å²) in [5.74, 6) is 0. The molecule has 1 aromatic carbocycles. The van der Waals surface area contributed by atoms with Crippen molar-refractivity contribution < 1.29 is 4.74 Å². The third kappa shape index (κ3) is 4.92. The maximum Gasteiger partial charge on any atom is 0.0958 e. The molecule has 0 aliphatic carbocycles. The Labute approximate surface area is 131 Å². The Morgan fingerprint density at radius 1 is 1.19 bits per heavy atom. The van der Waals surface area contributed by atoms with Crippen molar-refractivity contribution in [2.45, 2.75) is 33.2 Å². The molecule has 1 heterocycles. The Balaban J connectivity index is 2.15. The lowest BCUT2D eigenvalue weighted by Crippen LogP contribution is -2.14. The van der Waals surface area contributed by atoms with Gasteiger partial charge in [0.15, 0.2) is 0 Å². The Morgan fingerprint density at radius 2 is 2.00 bits per heavy atom. The highest BCUT2D eigenvalue weighted by Crippen LogP contribution is 2.30. The van der Waals surface area contributed by atoms with Gasteiger partial charge in [0.1, 0.15) is 0 Å². The Bertz CT molecular complexity index is 525. The SMILES string of the molecule is CCCNCc1nc(CCOCC)sc1-c1ccccc1. The van der Waals surface area contributed by atoms with E-state index in [4.69, 9.17) is 9.72 Å². The fourth-order valence-electron chi connectivity index (χ4n) is 2.13. The number of hydrogen-bond acceptors (Lipinski definition) is 4. The number of hydrogen-bond donors (Lipinski definition) is 1. The lowest BCUT2D eigenvalue weighted by Gasteiger charge is -2.03. The molecule has 4 heteroatoms. The van der Waals surface area contributed by atoms with E-state index in [1.165, 1.54) is 10.4 Å². The number of ether oxygens (including phenoxy) is 1. The standard InChI is InChI=1S/C17H24N2OS/c1-3-11-18-13-15-17(14-8-6-5-7-9-14)21-16(19-15)10-12-20-4-2/h5-9,18H,3-4,10-13H2,1-2H3. The van der Waals surface area contributed by atoms with Gasteiger partial charge < -0.3 is 10.1 Å². The van der Waals surface area contributed by atoms with E-state index in [1.807, 2.05) is 6.92 Å². The van der Waals surface area contributed by atoms with Crippen LogP contribution in [0.1, 0.15) is 31.0 Å². The largest absolute Gasteiger partial charge is 0.381 e. The third-order valence-electron chi connectivity index (χ3n) is 3.16. The fourth-order valence-corrected chi connectivity index (χ4v) is 3.20. The molecule has 0 bridgehead atoms. The van der Waals surface area contributed by atoms with Crippen LogP contribution in [0, 0.1) is 0 Å². The summed E-state index contributed by atoms with van der Waals surface area (Å²) in [6.45, 7) is 7.59. The van der Waals surface area contributed by atoms with Crippen LogP contribution < -0.4 is 5.32 Å². The molecule has 0 fully saturated rings. The number of benzene rings is 1. The first kappa shape index (κ1) is 16.1. The molecule has 0 aliphatic heterocycles. The van der Waals surface area contributed by atoms with Crippen LogP contribution in [0.25, 0.3) is 10.4 Å². The first-order chi connectivity index (χ1) is 10.3. The Morgan fingerprint density at radius 3 is 2.71 bits per heavy atom. The van der Waals surface area contributed by atoms with Crippen LogP contribution in [-0.2, 0) is 17.7 Å². The molecule has 2 aromatic rings. The highest BCUT2D eigenvalue weighted by Gasteiger charge is 2.12. The number of rotatable bonds is 9. The van der Waals surface area contributed by atoms with Gasteiger partial charge in [-0.3, -0.25) is 0 Å². The van der Waals surface area contributed by atoms with E-state index in [1.54, 1.807) is 11.3 Å². The van der Waals surface area contributed by atoms with Gasteiger partial charge in [0.2, 0.25) is 0 Å². The van der Waals surface area contributed by atoms with Crippen LogP contribution in [0.15, 0.2) is 30.3 Å². The first-order valence-electron chi connectivity index (χ1n) is 7.67. The van der Waals surface area contributed by atoms with Crippen molar-refractivity contribution in [1.29, 1.82) is 0 Å². The summed E-state index contributed by atoms with van der Waals surface area (Å²) < 4.78 is 5.44. The molecule has 0 unspecified atom stereocenters. The van der Waals surface area contributed by atoms with Crippen molar-refractivity contribution in [3.63, 3.8) is 0 Å². The predicted molar refractivity (Wildman–Crippen MR) is 89.7 cm³/mol. The van der Waals surface area contributed by atoms with Crippen LogP contribution >= 0.6 is 11.3 Å². The van der Waals surface area contributed by atoms with Gasteiger partial charge in [-0.1, -0.05) is 37.3 Å². The number of thiazole rings is 1. The van der Waals surface area contributed by atoms with Crippen molar-refractivity contribution >= 4 is 11.3 Å². The summed E-state index contributed by atoms with van der Waals surface area (Å²) in [4.78, 5) is 6.09. The van der Waals surface area contributed by atoms with Gasteiger partial charge in [0.05, 0.1) is 22.2 Å². The predicted octanol–water partition coefficient (Wildman–Crippen LogP) is 3.89. The van der Waals surface area contributed by atoms with E-state index in [0.717, 1.165) is 49.8 Å². The molecule has 1 N–H and O–H groups in total. The van der Waals surface area contributed by atoms with Gasteiger partial charge in [-0.25, -0.2) is 4.98 Å². The van der Waals surface area contributed by atoms with Crippen molar-refractivity contribution in [3.05, 3.63) is 41.0 Å². The molecule has 2 rings (SSSR count). The second-order valence-electron chi connectivity index (χ2n) is 4.87. The lowest BCUT2D eigenvalue weighted by molar-refractivity contribution is 0.151. The second-order valence-corrected chi connectivity index (χ2v) is 5.96. The molecule has 0 saturated heterocycles. The third-order valence-corrected chi connectivity index (χ3v) is 4.37. The maximum atomic E-state index is 5.44. The summed E-state index contributed by atoms with van der Waals surface area (Å²) in [6, 6.07) is 10.5. The molecule has 21 heavy (non-hydrogen) atoms. The van der Waals surface area contributed by atoms with Gasteiger partial charge in [0.25, 0.3) is 0 Å². The van der Waals surface area contributed by atoms with E-state index in [9.17, 15) is 0 Å². The first-order valence-corrected chi connectivity index (χ1v) is 8.49. The molecule has 0 radical (unpaired) electrons. The summed E-state index contributed by atoms with van der Waals surface area (Å²) >= 11 is 1.79. The number of nitrogens with one attached hydrogen (secondary N) is 1. The van der Waals surface area contributed by atoms with Crippen LogP contribution in [0.4, 0.5) is 0 Å². The zero-order valence-corrected chi connectivity index (χ0v) is 13.7. The molecule has 0 amide bonds. The molecule has 1 aromatic heterocycles. The molecule has 0 spiro atoms. The topological polar surface area (TPSA) is 34.2 Å². The van der Waals surface area contributed by atoms with Gasteiger partial charge in [-0.15, -0.1) is 11.3 Å². The normalized spacial score (nSPS) is 11.0.